The Bertz CT molecular complexity index is 580. The average molecular weight is 350 g/mol. The third-order valence-electron chi connectivity index (χ3n) is 3.70. The molecule has 2 rings (SSSR count). The Kier molecular flexibility index (Phi) is 5.95. The van der Waals surface area contributed by atoms with Gasteiger partial charge in [0.15, 0.2) is 0 Å². The van der Waals surface area contributed by atoms with Crippen molar-refractivity contribution in [2.45, 2.75) is 32.2 Å². The van der Waals surface area contributed by atoms with Gasteiger partial charge in [0.2, 0.25) is 0 Å². The predicted octanol–water partition coefficient (Wildman–Crippen LogP) is 5.24. The number of rotatable bonds is 6. The van der Waals surface area contributed by atoms with Crippen molar-refractivity contribution in [2.24, 2.45) is 0 Å². The second-order valence-electron chi connectivity index (χ2n) is 5.24. The number of aryl methyl sites for hydroxylation is 1. The standard InChI is InChI=1S/C18H21BrFN/c1-3-4-5-13-6-8-14(9-7-13)18(21-2)15-10-11-16(19)17(20)12-15/h6-12,18,21H,3-5H2,1-2H3. The minimum Gasteiger partial charge on any atom is -0.309 e. The topological polar surface area (TPSA) is 12.0 Å². The van der Waals surface area contributed by atoms with Gasteiger partial charge in [-0.15, -0.1) is 0 Å². The Balaban J connectivity index is 2.22. The highest BCUT2D eigenvalue weighted by Gasteiger charge is 2.13. The van der Waals surface area contributed by atoms with E-state index in [9.17, 15) is 4.39 Å². The molecule has 0 radical (unpaired) electrons. The minimum absolute atomic E-state index is 0.00725. The van der Waals surface area contributed by atoms with E-state index in [4.69, 9.17) is 0 Å². The second-order valence-corrected chi connectivity index (χ2v) is 6.09. The Morgan fingerprint density at radius 1 is 1.10 bits per heavy atom. The zero-order valence-electron chi connectivity index (χ0n) is 12.5. The summed E-state index contributed by atoms with van der Waals surface area (Å²) in [5.74, 6) is -0.229. The van der Waals surface area contributed by atoms with Gasteiger partial charge in [0.05, 0.1) is 10.5 Å². The first-order valence-corrected chi connectivity index (χ1v) is 8.16. The van der Waals surface area contributed by atoms with Crippen molar-refractivity contribution in [3.63, 3.8) is 0 Å². The van der Waals surface area contributed by atoms with Gasteiger partial charge in [0, 0.05) is 0 Å². The van der Waals surface area contributed by atoms with Crippen molar-refractivity contribution in [3.05, 3.63) is 69.4 Å². The van der Waals surface area contributed by atoms with Gasteiger partial charge in [-0.2, -0.15) is 0 Å². The van der Waals surface area contributed by atoms with Gasteiger partial charge < -0.3 is 5.32 Å². The molecule has 1 atom stereocenters. The van der Waals surface area contributed by atoms with Gasteiger partial charge in [0.1, 0.15) is 5.82 Å². The lowest BCUT2D eigenvalue weighted by Crippen LogP contribution is -2.17. The summed E-state index contributed by atoms with van der Waals surface area (Å²) in [6.45, 7) is 2.20. The molecule has 0 aliphatic carbocycles. The Labute approximate surface area is 134 Å². The molecule has 0 aliphatic rings. The molecule has 0 fully saturated rings. The quantitative estimate of drug-likeness (QED) is 0.751. The molecule has 0 amide bonds. The van der Waals surface area contributed by atoms with E-state index in [1.165, 1.54) is 18.4 Å². The summed E-state index contributed by atoms with van der Waals surface area (Å²) in [5, 5.41) is 3.26. The van der Waals surface area contributed by atoms with Crippen LogP contribution < -0.4 is 5.32 Å². The van der Waals surface area contributed by atoms with Gasteiger partial charge >= 0.3 is 0 Å². The molecule has 1 N–H and O–H groups in total. The number of benzene rings is 2. The predicted molar refractivity (Wildman–Crippen MR) is 90.1 cm³/mol. The van der Waals surface area contributed by atoms with Crippen molar-refractivity contribution in [1.82, 2.24) is 5.32 Å². The number of halogens is 2. The molecule has 0 saturated carbocycles. The summed E-state index contributed by atoms with van der Waals surface area (Å²) in [7, 11) is 1.90. The second kappa shape index (κ2) is 7.71. The lowest BCUT2D eigenvalue weighted by atomic mass is 9.97. The lowest BCUT2D eigenvalue weighted by Gasteiger charge is -2.18. The van der Waals surface area contributed by atoms with E-state index < -0.39 is 0 Å². The molecule has 1 nitrogen and oxygen atoms in total. The monoisotopic (exact) mass is 349 g/mol. The molecule has 3 heteroatoms. The van der Waals surface area contributed by atoms with Crippen LogP contribution in [0, 0.1) is 5.82 Å². The number of nitrogens with one attached hydrogen (secondary N) is 1. The highest BCUT2D eigenvalue weighted by molar-refractivity contribution is 9.10. The summed E-state index contributed by atoms with van der Waals surface area (Å²) < 4.78 is 14.2. The number of hydrogen-bond donors (Lipinski definition) is 1. The highest BCUT2D eigenvalue weighted by Crippen LogP contribution is 2.26. The maximum atomic E-state index is 13.7. The molecule has 0 aliphatic heterocycles. The van der Waals surface area contributed by atoms with Crippen molar-refractivity contribution in [1.29, 1.82) is 0 Å². The molecule has 2 aromatic carbocycles. The Morgan fingerprint density at radius 2 is 1.76 bits per heavy atom. The van der Waals surface area contributed by atoms with E-state index in [1.54, 1.807) is 12.1 Å². The van der Waals surface area contributed by atoms with Gasteiger partial charge in [0.25, 0.3) is 0 Å². The molecule has 2 aromatic rings. The van der Waals surface area contributed by atoms with Crippen LogP contribution in [0.3, 0.4) is 0 Å². The fourth-order valence-electron chi connectivity index (χ4n) is 2.48. The zero-order valence-corrected chi connectivity index (χ0v) is 14.1. The number of hydrogen-bond acceptors (Lipinski definition) is 1. The summed E-state index contributed by atoms with van der Waals surface area (Å²) in [6, 6.07) is 13.9. The third-order valence-corrected chi connectivity index (χ3v) is 4.34. The fourth-order valence-corrected chi connectivity index (χ4v) is 2.72. The summed E-state index contributed by atoms with van der Waals surface area (Å²) in [6.07, 6.45) is 3.54. The normalized spacial score (nSPS) is 12.4. The van der Waals surface area contributed by atoms with E-state index in [2.05, 4.69) is 52.4 Å². The zero-order chi connectivity index (χ0) is 15.2. The summed E-state index contributed by atoms with van der Waals surface area (Å²) in [5.41, 5.74) is 3.44. The maximum Gasteiger partial charge on any atom is 0.137 e. The van der Waals surface area contributed by atoms with Gasteiger partial charge in [-0.25, -0.2) is 4.39 Å². The lowest BCUT2D eigenvalue weighted by molar-refractivity contribution is 0.610. The van der Waals surface area contributed by atoms with Crippen LogP contribution in [-0.2, 0) is 6.42 Å². The number of unbranched alkanes of at least 4 members (excludes halogenated alkanes) is 1. The molecule has 0 bridgehead atoms. The minimum atomic E-state index is -0.229. The fraction of sp³-hybridized carbons (Fsp3) is 0.333. The van der Waals surface area contributed by atoms with Crippen LogP contribution in [0.4, 0.5) is 4.39 Å². The van der Waals surface area contributed by atoms with Crippen LogP contribution in [-0.4, -0.2) is 7.05 Å². The van der Waals surface area contributed by atoms with Crippen molar-refractivity contribution in [3.8, 4) is 0 Å². The van der Waals surface area contributed by atoms with Crippen LogP contribution in [0.25, 0.3) is 0 Å². The van der Waals surface area contributed by atoms with Crippen molar-refractivity contribution < 1.29 is 4.39 Å². The van der Waals surface area contributed by atoms with Gasteiger partial charge in [-0.3, -0.25) is 0 Å². The SMILES string of the molecule is CCCCc1ccc(C(NC)c2ccc(Br)c(F)c2)cc1. The Morgan fingerprint density at radius 3 is 2.33 bits per heavy atom. The van der Waals surface area contributed by atoms with Crippen LogP contribution >= 0.6 is 15.9 Å². The van der Waals surface area contributed by atoms with Crippen LogP contribution in [0.1, 0.15) is 42.5 Å². The summed E-state index contributed by atoms with van der Waals surface area (Å²) in [4.78, 5) is 0. The largest absolute Gasteiger partial charge is 0.309 e. The van der Waals surface area contributed by atoms with E-state index in [-0.39, 0.29) is 11.9 Å². The van der Waals surface area contributed by atoms with E-state index in [1.807, 2.05) is 13.1 Å². The first kappa shape index (κ1) is 16.2. The average Bonchev–Trinajstić information content (AvgIpc) is 2.50. The van der Waals surface area contributed by atoms with Crippen LogP contribution in [0.15, 0.2) is 46.9 Å². The third kappa shape index (κ3) is 4.14. The van der Waals surface area contributed by atoms with Crippen LogP contribution in [0.5, 0.6) is 0 Å². The molecule has 0 saturated heterocycles. The molecule has 21 heavy (non-hydrogen) atoms. The van der Waals surface area contributed by atoms with Crippen LogP contribution in [0.2, 0.25) is 0 Å². The molecule has 0 aromatic heterocycles. The molecule has 112 valence electrons. The summed E-state index contributed by atoms with van der Waals surface area (Å²) >= 11 is 3.19. The van der Waals surface area contributed by atoms with E-state index >= 15 is 0 Å². The van der Waals surface area contributed by atoms with Gasteiger partial charge in [-0.1, -0.05) is 43.7 Å². The smallest absolute Gasteiger partial charge is 0.137 e. The molecular formula is C18H21BrFN. The molecule has 0 heterocycles. The molecular weight excluding hydrogens is 329 g/mol. The molecule has 0 spiro atoms. The van der Waals surface area contributed by atoms with E-state index in [0.29, 0.717) is 4.47 Å². The first-order chi connectivity index (χ1) is 10.2. The van der Waals surface area contributed by atoms with Crippen molar-refractivity contribution >= 4 is 15.9 Å². The van der Waals surface area contributed by atoms with Gasteiger partial charge in [-0.05, 0) is 64.6 Å². The first-order valence-electron chi connectivity index (χ1n) is 7.36. The van der Waals surface area contributed by atoms with E-state index in [0.717, 1.165) is 17.5 Å². The Hall–Kier alpha value is -1.19. The van der Waals surface area contributed by atoms with Crippen molar-refractivity contribution in [2.75, 3.05) is 7.05 Å². The molecule has 1 unspecified atom stereocenters. The maximum absolute atomic E-state index is 13.7. The highest BCUT2D eigenvalue weighted by atomic mass is 79.9.